The van der Waals surface area contributed by atoms with Crippen LogP contribution in [0.15, 0.2) is 54.9 Å². The molecule has 3 N–H and O–H groups in total. The highest BCUT2D eigenvalue weighted by molar-refractivity contribution is 6.30. The lowest BCUT2D eigenvalue weighted by atomic mass is 10.0. The molecule has 2 heterocycles. The molecular formula is C23H19ClF2N6O. The summed E-state index contributed by atoms with van der Waals surface area (Å²) in [6.45, 7) is 1.65. The summed E-state index contributed by atoms with van der Waals surface area (Å²) in [7, 11) is 1.74. The fourth-order valence-corrected chi connectivity index (χ4v) is 3.68. The fourth-order valence-electron chi connectivity index (χ4n) is 3.45. The summed E-state index contributed by atoms with van der Waals surface area (Å²) in [4.78, 5) is 16.8. The van der Waals surface area contributed by atoms with Gasteiger partial charge in [0.15, 0.2) is 0 Å². The van der Waals surface area contributed by atoms with Crippen LogP contribution in [0.25, 0.3) is 22.4 Å². The number of aromatic nitrogens is 4. The molecule has 1 atom stereocenters. The average Bonchev–Trinajstić information content (AvgIpc) is 3.19. The van der Waals surface area contributed by atoms with E-state index < -0.39 is 23.6 Å². The predicted octanol–water partition coefficient (Wildman–Crippen LogP) is 4.55. The van der Waals surface area contributed by atoms with Gasteiger partial charge in [-0.15, -0.1) is 5.10 Å². The van der Waals surface area contributed by atoms with E-state index in [4.69, 9.17) is 17.3 Å². The Morgan fingerprint density at radius 3 is 2.58 bits per heavy atom. The maximum atomic E-state index is 14.9. The Hall–Kier alpha value is -3.85. The minimum Gasteiger partial charge on any atom is -0.383 e. The molecule has 0 bridgehead atoms. The second-order valence-corrected chi connectivity index (χ2v) is 7.93. The number of nitrogen functional groups attached to an aromatic ring is 1. The Balaban J connectivity index is 1.59. The lowest BCUT2D eigenvalue weighted by Gasteiger charge is -2.16. The smallest absolute Gasteiger partial charge is 0.254 e. The first-order chi connectivity index (χ1) is 15.7. The number of carbonyl (C=O) groups is 1. The largest absolute Gasteiger partial charge is 0.383 e. The van der Waals surface area contributed by atoms with Gasteiger partial charge >= 0.3 is 0 Å². The minimum atomic E-state index is -0.735. The highest BCUT2D eigenvalue weighted by Gasteiger charge is 2.18. The van der Waals surface area contributed by atoms with Crippen LogP contribution in [-0.4, -0.2) is 25.9 Å². The number of carbonyl (C=O) groups excluding carboxylic acids is 1. The molecule has 0 unspecified atom stereocenters. The minimum absolute atomic E-state index is 0.161. The molecular weight excluding hydrogens is 450 g/mol. The molecule has 10 heteroatoms. The van der Waals surface area contributed by atoms with E-state index in [1.54, 1.807) is 43.2 Å². The van der Waals surface area contributed by atoms with Crippen molar-refractivity contribution >= 4 is 23.3 Å². The second kappa shape index (κ2) is 8.95. The van der Waals surface area contributed by atoms with Crippen molar-refractivity contribution in [3.05, 3.63) is 82.6 Å². The zero-order chi connectivity index (χ0) is 23.7. The van der Waals surface area contributed by atoms with Gasteiger partial charge in [0.2, 0.25) is 0 Å². The lowest BCUT2D eigenvalue weighted by Crippen LogP contribution is -2.27. The first kappa shape index (κ1) is 22.3. The maximum absolute atomic E-state index is 14.9. The Morgan fingerprint density at radius 1 is 1.12 bits per heavy atom. The molecule has 4 aromatic rings. The van der Waals surface area contributed by atoms with E-state index in [0.717, 1.165) is 0 Å². The number of hydrogen-bond acceptors (Lipinski definition) is 5. The van der Waals surface area contributed by atoms with E-state index in [0.29, 0.717) is 27.9 Å². The molecule has 4 rings (SSSR count). The van der Waals surface area contributed by atoms with Gasteiger partial charge in [-0.05, 0) is 54.4 Å². The van der Waals surface area contributed by atoms with Crippen LogP contribution in [0.2, 0.25) is 5.02 Å². The Labute approximate surface area is 193 Å². The van der Waals surface area contributed by atoms with Gasteiger partial charge in [0.05, 0.1) is 23.5 Å². The molecule has 0 spiro atoms. The molecule has 2 aromatic carbocycles. The molecule has 0 saturated heterocycles. The molecule has 0 aliphatic carbocycles. The standard InChI is InChI=1S/C23H19ClF2N6O/c1-12(14-5-16(24)9-17(25)6-14)30-23(33)18-4-3-13(8-20(18)26)19-7-15(10-28-22(19)27)21-11-29-31-32(21)2/h3-12H,1-2H3,(H2,27,28)(H,30,33)/t12-/m1/s1. The van der Waals surface area contributed by atoms with Crippen molar-refractivity contribution in [2.45, 2.75) is 13.0 Å². The zero-order valence-corrected chi connectivity index (χ0v) is 18.4. The van der Waals surface area contributed by atoms with Crippen LogP contribution in [0.3, 0.4) is 0 Å². The van der Waals surface area contributed by atoms with Gasteiger partial charge in [-0.3, -0.25) is 4.79 Å². The van der Waals surface area contributed by atoms with Crippen LogP contribution in [0, 0.1) is 11.6 Å². The number of nitrogens with two attached hydrogens (primary N) is 1. The van der Waals surface area contributed by atoms with Gasteiger partial charge in [0, 0.05) is 29.4 Å². The second-order valence-electron chi connectivity index (χ2n) is 7.49. The molecule has 0 radical (unpaired) electrons. The van der Waals surface area contributed by atoms with Gasteiger partial charge < -0.3 is 11.1 Å². The van der Waals surface area contributed by atoms with Crippen LogP contribution in [-0.2, 0) is 7.05 Å². The highest BCUT2D eigenvalue weighted by atomic mass is 35.5. The summed E-state index contributed by atoms with van der Waals surface area (Å²) >= 11 is 5.88. The molecule has 7 nitrogen and oxygen atoms in total. The third-order valence-electron chi connectivity index (χ3n) is 5.19. The Kier molecular flexibility index (Phi) is 6.06. The summed E-state index contributed by atoms with van der Waals surface area (Å²) in [5, 5.41) is 10.6. The Morgan fingerprint density at radius 2 is 1.91 bits per heavy atom. The number of aryl methyl sites for hydroxylation is 1. The number of anilines is 1. The quantitative estimate of drug-likeness (QED) is 0.447. The lowest BCUT2D eigenvalue weighted by molar-refractivity contribution is 0.0935. The summed E-state index contributed by atoms with van der Waals surface area (Å²) in [6, 6.07) is 9.30. The number of amides is 1. The van der Waals surface area contributed by atoms with Crippen molar-refractivity contribution in [2.75, 3.05) is 5.73 Å². The number of halogens is 3. The summed E-state index contributed by atoms with van der Waals surface area (Å²) in [6.07, 6.45) is 3.16. The van der Waals surface area contributed by atoms with Gasteiger partial charge in [0.25, 0.3) is 5.91 Å². The molecule has 0 aliphatic heterocycles. The number of nitrogens with zero attached hydrogens (tertiary/aromatic N) is 4. The molecule has 1 amide bonds. The third-order valence-corrected chi connectivity index (χ3v) is 5.40. The van der Waals surface area contributed by atoms with Crippen molar-refractivity contribution in [3.63, 3.8) is 0 Å². The molecule has 0 aliphatic rings. The van der Waals surface area contributed by atoms with Crippen molar-refractivity contribution in [1.82, 2.24) is 25.3 Å². The topological polar surface area (TPSA) is 98.7 Å². The van der Waals surface area contributed by atoms with E-state index in [1.165, 1.54) is 30.3 Å². The molecule has 0 fully saturated rings. The van der Waals surface area contributed by atoms with E-state index in [1.807, 2.05) is 0 Å². The van der Waals surface area contributed by atoms with Gasteiger partial charge in [-0.1, -0.05) is 22.9 Å². The van der Waals surface area contributed by atoms with Crippen molar-refractivity contribution in [2.24, 2.45) is 7.05 Å². The van der Waals surface area contributed by atoms with Crippen LogP contribution in [0.1, 0.15) is 28.9 Å². The summed E-state index contributed by atoms with van der Waals surface area (Å²) < 4.78 is 30.1. The Bertz CT molecular complexity index is 1340. The van der Waals surface area contributed by atoms with Gasteiger partial charge in [-0.25, -0.2) is 18.4 Å². The van der Waals surface area contributed by atoms with Crippen LogP contribution < -0.4 is 11.1 Å². The monoisotopic (exact) mass is 468 g/mol. The summed E-state index contributed by atoms with van der Waals surface area (Å²) in [5.74, 6) is -1.69. The van der Waals surface area contributed by atoms with Crippen molar-refractivity contribution in [1.29, 1.82) is 0 Å². The number of pyridine rings is 1. The predicted molar refractivity (Wildman–Crippen MR) is 121 cm³/mol. The van der Waals surface area contributed by atoms with E-state index >= 15 is 0 Å². The molecule has 2 aromatic heterocycles. The number of nitrogens with one attached hydrogen (secondary N) is 1. The third kappa shape index (κ3) is 4.68. The zero-order valence-electron chi connectivity index (χ0n) is 17.7. The normalized spacial score (nSPS) is 11.9. The van der Waals surface area contributed by atoms with Crippen LogP contribution in [0.4, 0.5) is 14.6 Å². The van der Waals surface area contributed by atoms with Crippen molar-refractivity contribution in [3.8, 4) is 22.4 Å². The molecule has 0 saturated carbocycles. The van der Waals surface area contributed by atoms with E-state index in [9.17, 15) is 13.6 Å². The molecule has 168 valence electrons. The first-order valence-corrected chi connectivity index (χ1v) is 10.3. The van der Waals surface area contributed by atoms with E-state index in [-0.39, 0.29) is 16.4 Å². The van der Waals surface area contributed by atoms with E-state index in [2.05, 4.69) is 20.6 Å². The summed E-state index contributed by atoms with van der Waals surface area (Å²) in [5.41, 5.74) is 8.70. The number of hydrogen-bond donors (Lipinski definition) is 2. The SMILES string of the molecule is C[C@@H](NC(=O)c1ccc(-c2cc(-c3cnnn3C)cnc2N)cc1F)c1cc(F)cc(Cl)c1. The fraction of sp³-hybridized carbons (Fsp3) is 0.130. The highest BCUT2D eigenvalue weighted by Crippen LogP contribution is 2.30. The maximum Gasteiger partial charge on any atom is 0.254 e. The van der Waals surface area contributed by atoms with Crippen LogP contribution in [0.5, 0.6) is 0 Å². The van der Waals surface area contributed by atoms with Gasteiger partial charge in [-0.2, -0.15) is 0 Å². The number of rotatable bonds is 5. The number of benzene rings is 2. The van der Waals surface area contributed by atoms with Crippen molar-refractivity contribution < 1.29 is 13.6 Å². The van der Waals surface area contributed by atoms with Gasteiger partial charge in [0.1, 0.15) is 17.5 Å². The van der Waals surface area contributed by atoms with Crippen LogP contribution >= 0.6 is 11.6 Å². The molecule has 33 heavy (non-hydrogen) atoms. The average molecular weight is 469 g/mol. The first-order valence-electron chi connectivity index (χ1n) is 9.90.